The van der Waals surface area contributed by atoms with Crippen LogP contribution >= 0.6 is 0 Å². The number of H-pyrrole nitrogens is 1. The van der Waals surface area contributed by atoms with Crippen LogP contribution in [0.1, 0.15) is 38.3 Å². The fourth-order valence-corrected chi connectivity index (χ4v) is 4.00. The molecule has 4 rings (SSSR count). The van der Waals surface area contributed by atoms with Gasteiger partial charge in [0.1, 0.15) is 11.5 Å². The van der Waals surface area contributed by atoms with E-state index in [1.807, 2.05) is 13.8 Å². The number of fused-ring (bicyclic) bond motifs is 1. The first-order valence-electron chi connectivity index (χ1n) is 9.69. The van der Waals surface area contributed by atoms with Crippen molar-refractivity contribution in [3.05, 3.63) is 11.8 Å². The minimum Gasteiger partial charge on any atom is -0.466 e. The first-order valence-corrected chi connectivity index (χ1v) is 9.69. The second kappa shape index (κ2) is 7.13. The normalized spacial score (nSPS) is 18.7. The molecular formula is C19H27N5O2. The third kappa shape index (κ3) is 3.22. The van der Waals surface area contributed by atoms with Gasteiger partial charge in [0, 0.05) is 31.9 Å². The van der Waals surface area contributed by atoms with Crippen LogP contribution in [0.2, 0.25) is 0 Å². The predicted octanol–water partition coefficient (Wildman–Crippen LogP) is 2.65. The molecule has 26 heavy (non-hydrogen) atoms. The van der Waals surface area contributed by atoms with E-state index in [4.69, 9.17) is 14.7 Å². The fourth-order valence-electron chi connectivity index (χ4n) is 4.00. The van der Waals surface area contributed by atoms with Crippen molar-refractivity contribution in [2.45, 2.75) is 39.5 Å². The summed E-state index contributed by atoms with van der Waals surface area (Å²) in [7, 11) is 0. The molecule has 2 aliphatic heterocycles. The highest BCUT2D eigenvalue weighted by Gasteiger charge is 2.28. The summed E-state index contributed by atoms with van der Waals surface area (Å²) in [5, 5.41) is 1.07. The van der Waals surface area contributed by atoms with E-state index in [-0.39, 0.29) is 11.9 Å². The van der Waals surface area contributed by atoms with Gasteiger partial charge >= 0.3 is 5.97 Å². The number of nitrogens with zero attached hydrogens (tertiary/aromatic N) is 4. The van der Waals surface area contributed by atoms with Crippen LogP contribution in [0.15, 0.2) is 6.07 Å². The molecule has 2 fully saturated rings. The monoisotopic (exact) mass is 357 g/mol. The number of rotatable bonds is 4. The minimum atomic E-state index is -0.0600. The van der Waals surface area contributed by atoms with E-state index < -0.39 is 0 Å². The van der Waals surface area contributed by atoms with Gasteiger partial charge < -0.3 is 19.5 Å². The van der Waals surface area contributed by atoms with Crippen LogP contribution in [0.5, 0.6) is 0 Å². The van der Waals surface area contributed by atoms with Crippen LogP contribution in [0.3, 0.4) is 0 Å². The van der Waals surface area contributed by atoms with Gasteiger partial charge in [0.05, 0.1) is 17.9 Å². The van der Waals surface area contributed by atoms with Gasteiger partial charge in [0.25, 0.3) is 0 Å². The largest absolute Gasteiger partial charge is 0.466 e. The van der Waals surface area contributed by atoms with Crippen molar-refractivity contribution in [1.29, 1.82) is 0 Å². The lowest BCUT2D eigenvalue weighted by molar-refractivity contribution is -0.148. The molecule has 0 saturated carbocycles. The zero-order chi connectivity index (χ0) is 18.1. The summed E-state index contributed by atoms with van der Waals surface area (Å²) >= 11 is 0. The number of hydrogen-bond acceptors (Lipinski definition) is 6. The zero-order valence-electron chi connectivity index (χ0n) is 15.6. The minimum absolute atomic E-state index is 0.00883. The zero-order valence-corrected chi connectivity index (χ0v) is 15.6. The highest BCUT2D eigenvalue weighted by Crippen LogP contribution is 2.31. The number of carbonyl (C=O) groups excluding carboxylic acids is 1. The van der Waals surface area contributed by atoms with Crippen molar-refractivity contribution in [3.63, 3.8) is 0 Å². The van der Waals surface area contributed by atoms with E-state index in [1.165, 1.54) is 12.8 Å². The van der Waals surface area contributed by atoms with Crippen LogP contribution in [0.25, 0.3) is 11.0 Å². The Morgan fingerprint density at radius 1 is 1.19 bits per heavy atom. The van der Waals surface area contributed by atoms with E-state index in [0.717, 1.165) is 67.5 Å². The average molecular weight is 357 g/mol. The number of hydrogen-bond donors (Lipinski definition) is 1. The number of anilines is 2. The molecule has 140 valence electrons. The van der Waals surface area contributed by atoms with Crippen LogP contribution < -0.4 is 9.80 Å². The Morgan fingerprint density at radius 3 is 2.62 bits per heavy atom. The Hall–Kier alpha value is -2.31. The Kier molecular flexibility index (Phi) is 4.70. The third-order valence-electron chi connectivity index (χ3n) is 5.39. The summed E-state index contributed by atoms with van der Waals surface area (Å²) in [4.78, 5) is 29.6. The first-order chi connectivity index (χ1) is 12.7. The molecule has 0 aliphatic carbocycles. The molecule has 2 saturated heterocycles. The van der Waals surface area contributed by atoms with E-state index in [2.05, 4.69) is 20.9 Å². The molecule has 0 amide bonds. The molecule has 2 aromatic rings. The number of ether oxygens (including phenoxy) is 1. The summed E-state index contributed by atoms with van der Waals surface area (Å²) in [6, 6.07) is 2.12. The summed E-state index contributed by atoms with van der Waals surface area (Å²) in [6.45, 7) is 8.05. The van der Waals surface area contributed by atoms with E-state index in [1.54, 1.807) is 0 Å². The molecular weight excluding hydrogens is 330 g/mol. The van der Waals surface area contributed by atoms with Crippen molar-refractivity contribution in [2.75, 3.05) is 42.6 Å². The average Bonchev–Trinajstić information content (AvgIpc) is 3.30. The number of carbonyl (C=O) groups is 1. The maximum absolute atomic E-state index is 12.0. The van der Waals surface area contributed by atoms with Gasteiger partial charge in [-0.1, -0.05) is 0 Å². The lowest BCUT2D eigenvalue weighted by Gasteiger charge is -2.32. The van der Waals surface area contributed by atoms with Gasteiger partial charge in [0.2, 0.25) is 5.95 Å². The molecule has 2 aliphatic rings. The van der Waals surface area contributed by atoms with Crippen molar-refractivity contribution in [2.24, 2.45) is 5.92 Å². The van der Waals surface area contributed by atoms with Gasteiger partial charge in [-0.2, -0.15) is 9.97 Å². The van der Waals surface area contributed by atoms with Crippen molar-refractivity contribution >= 4 is 28.8 Å². The Labute approximate surface area is 153 Å². The molecule has 0 atom stereocenters. The smallest absolute Gasteiger partial charge is 0.309 e. The fraction of sp³-hybridized carbons (Fsp3) is 0.632. The molecule has 7 nitrogen and oxygen atoms in total. The van der Waals surface area contributed by atoms with Crippen LogP contribution in [0.4, 0.5) is 11.8 Å². The molecule has 0 bridgehead atoms. The number of aromatic amines is 1. The highest BCUT2D eigenvalue weighted by atomic mass is 16.5. The van der Waals surface area contributed by atoms with Crippen LogP contribution in [0, 0.1) is 12.8 Å². The summed E-state index contributed by atoms with van der Waals surface area (Å²) in [5.74, 6) is 1.76. The van der Waals surface area contributed by atoms with E-state index >= 15 is 0 Å². The van der Waals surface area contributed by atoms with E-state index in [0.29, 0.717) is 6.61 Å². The third-order valence-corrected chi connectivity index (χ3v) is 5.39. The topological polar surface area (TPSA) is 74.3 Å². The standard InChI is InChI=1S/C19H27N5O2/c1-3-26-18(25)14-6-10-23(11-7-14)17-15-12-13(2)20-16(15)21-19(22-17)24-8-4-5-9-24/h12,14H,3-11H2,1-2H3,(H,20,21,22). The Balaban J connectivity index is 1.60. The number of aromatic nitrogens is 3. The van der Waals surface area contributed by atoms with Gasteiger partial charge in [-0.3, -0.25) is 4.79 Å². The SMILES string of the molecule is CCOC(=O)C1CCN(c2nc(N3CCCC3)nc3[nH]c(C)cc23)CC1. The molecule has 0 unspecified atom stereocenters. The predicted molar refractivity (Wildman–Crippen MR) is 102 cm³/mol. The molecule has 7 heteroatoms. The highest BCUT2D eigenvalue weighted by molar-refractivity contribution is 5.89. The molecule has 0 spiro atoms. The van der Waals surface area contributed by atoms with Gasteiger partial charge in [-0.15, -0.1) is 0 Å². The number of piperidine rings is 1. The lowest BCUT2D eigenvalue weighted by Crippen LogP contribution is -2.37. The van der Waals surface area contributed by atoms with Crippen molar-refractivity contribution in [3.8, 4) is 0 Å². The van der Waals surface area contributed by atoms with Gasteiger partial charge in [-0.05, 0) is 45.6 Å². The Bertz CT molecular complexity index is 789. The quantitative estimate of drug-likeness (QED) is 0.848. The molecule has 2 aromatic heterocycles. The molecule has 1 N–H and O–H groups in total. The Morgan fingerprint density at radius 2 is 1.92 bits per heavy atom. The van der Waals surface area contributed by atoms with Gasteiger partial charge in [0.15, 0.2) is 0 Å². The molecule has 0 aromatic carbocycles. The molecule has 0 radical (unpaired) electrons. The maximum atomic E-state index is 12.0. The maximum Gasteiger partial charge on any atom is 0.309 e. The summed E-state index contributed by atoms with van der Waals surface area (Å²) in [6.07, 6.45) is 4.02. The first kappa shape index (κ1) is 17.1. The second-order valence-electron chi connectivity index (χ2n) is 7.27. The van der Waals surface area contributed by atoms with Gasteiger partial charge in [-0.25, -0.2) is 0 Å². The number of aryl methyl sites for hydroxylation is 1. The van der Waals surface area contributed by atoms with Crippen molar-refractivity contribution in [1.82, 2.24) is 15.0 Å². The van der Waals surface area contributed by atoms with Crippen LogP contribution in [-0.2, 0) is 9.53 Å². The lowest BCUT2D eigenvalue weighted by atomic mass is 9.97. The van der Waals surface area contributed by atoms with Crippen molar-refractivity contribution < 1.29 is 9.53 Å². The summed E-state index contributed by atoms with van der Waals surface area (Å²) < 4.78 is 5.19. The second-order valence-corrected chi connectivity index (χ2v) is 7.27. The van der Waals surface area contributed by atoms with Crippen LogP contribution in [-0.4, -0.2) is 53.7 Å². The number of nitrogens with one attached hydrogen (secondary N) is 1. The van der Waals surface area contributed by atoms with E-state index in [9.17, 15) is 4.79 Å². The number of esters is 1. The summed E-state index contributed by atoms with van der Waals surface area (Å²) in [5.41, 5.74) is 2.00. The molecule has 4 heterocycles.